The molecule has 0 aliphatic heterocycles. The monoisotopic (exact) mass is 344 g/mol. The Morgan fingerprint density at radius 2 is 1.71 bits per heavy atom. The quantitative estimate of drug-likeness (QED) is 0.606. The van der Waals surface area contributed by atoms with Gasteiger partial charge in [-0.05, 0) is 66.6 Å². The Balaban J connectivity index is 1.65. The number of benzene rings is 2. The molecule has 0 spiro atoms. The highest BCUT2D eigenvalue weighted by Gasteiger charge is 2.12. The van der Waals surface area contributed by atoms with Crippen LogP contribution >= 0.6 is 15.9 Å². The van der Waals surface area contributed by atoms with E-state index in [1.165, 1.54) is 24.0 Å². The van der Waals surface area contributed by atoms with Crippen LogP contribution in [0.15, 0.2) is 46.9 Å². The smallest absolute Gasteiger partial charge is 0.315 e. The number of hydrogen-bond acceptors (Lipinski definition) is 2. The number of ether oxygens (including phenoxy) is 1. The van der Waals surface area contributed by atoms with Gasteiger partial charge in [0.05, 0.1) is 6.42 Å². The molecule has 0 radical (unpaired) electrons. The minimum Gasteiger partial charge on any atom is -0.426 e. The Morgan fingerprint density at radius 3 is 2.48 bits per heavy atom. The first-order valence-corrected chi connectivity index (χ1v) is 8.07. The molecule has 0 aromatic heterocycles. The number of hydrogen-bond donors (Lipinski definition) is 0. The number of halogens is 1. The Labute approximate surface area is 133 Å². The first-order chi connectivity index (χ1) is 10.2. The highest BCUT2D eigenvalue weighted by atomic mass is 79.9. The summed E-state index contributed by atoms with van der Waals surface area (Å²) in [5.74, 6) is 0.450. The summed E-state index contributed by atoms with van der Waals surface area (Å²) < 4.78 is 6.47. The number of carbonyl (C=O) groups is 1. The van der Waals surface area contributed by atoms with E-state index in [1.807, 2.05) is 36.4 Å². The van der Waals surface area contributed by atoms with Crippen LogP contribution in [0.25, 0.3) is 0 Å². The third kappa shape index (κ3) is 3.73. The van der Waals surface area contributed by atoms with Crippen LogP contribution in [0.5, 0.6) is 5.75 Å². The van der Waals surface area contributed by atoms with Gasteiger partial charge in [0.25, 0.3) is 0 Å². The fourth-order valence-corrected chi connectivity index (χ4v) is 2.97. The van der Waals surface area contributed by atoms with Gasteiger partial charge >= 0.3 is 5.97 Å². The van der Waals surface area contributed by atoms with Gasteiger partial charge in [0.15, 0.2) is 0 Å². The highest BCUT2D eigenvalue weighted by molar-refractivity contribution is 9.10. The van der Waals surface area contributed by atoms with Gasteiger partial charge in [-0.3, -0.25) is 4.79 Å². The highest BCUT2D eigenvalue weighted by Crippen LogP contribution is 2.25. The minimum atomic E-state index is -0.215. The fraction of sp³-hybridized carbons (Fsp3) is 0.278. The number of fused-ring (bicyclic) bond motifs is 1. The predicted molar refractivity (Wildman–Crippen MR) is 86.6 cm³/mol. The van der Waals surface area contributed by atoms with Gasteiger partial charge in [0, 0.05) is 4.47 Å². The minimum absolute atomic E-state index is 0.215. The van der Waals surface area contributed by atoms with Crippen molar-refractivity contribution >= 4 is 21.9 Å². The molecule has 0 fully saturated rings. The second kappa shape index (κ2) is 6.44. The normalized spacial score (nSPS) is 13.6. The summed E-state index contributed by atoms with van der Waals surface area (Å²) in [5.41, 5.74) is 3.69. The maximum absolute atomic E-state index is 12.0. The van der Waals surface area contributed by atoms with Crippen LogP contribution in [-0.4, -0.2) is 5.97 Å². The first kappa shape index (κ1) is 14.3. The second-order valence-corrected chi connectivity index (χ2v) is 6.33. The van der Waals surface area contributed by atoms with Crippen molar-refractivity contribution in [1.82, 2.24) is 0 Å². The lowest BCUT2D eigenvalue weighted by molar-refractivity contribution is -0.133. The molecule has 0 bridgehead atoms. The maximum atomic E-state index is 12.0. The average Bonchev–Trinajstić information content (AvgIpc) is 2.49. The molecule has 0 saturated heterocycles. The van der Waals surface area contributed by atoms with Gasteiger partial charge in [0.1, 0.15) is 5.75 Å². The maximum Gasteiger partial charge on any atom is 0.315 e. The largest absolute Gasteiger partial charge is 0.426 e. The lowest BCUT2D eigenvalue weighted by Gasteiger charge is -2.16. The number of aryl methyl sites for hydroxylation is 2. The van der Waals surface area contributed by atoms with Crippen molar-refractivity contribution in [2.24, 2.45) is 0 Å². The molecule has 0 heterocycles. The van der Waals surface area contributed by atoms with Crippen molar-refractivity contribution in [3.8, 4) is 5.75 Å². The van der Waals surface area contributed by atoms with Crippen LogP contribution in [0, 0.1) is 0 Å². The third-order valence-electron chi connectivity index (χ3n) is 3.81. The fourth-order valence-electron chi connectivity index (χ4n) is 2.71. The molecule has 1 aliphatic carbocycles. The lowest BCUT2D eigenvalue weighted by atomic mass is 9.92. The van der Waals surface area contributed by atoms with E-state index < -0.39 is 0 Å². The number of rotatable bonds is 3. The second-order valence-electron chi connectivity index (χ2n) is 5.41. The van der Waals surface area contributed by atoms with Crippen LogP contribution in [0.2, 0.25) is 0 Å². The van der Waals surface area contributed by atoms with Gasteiger partial charge in [-0.25, -0.2) is 0 Å². The van der Waals surface area contributed by atoms with Gasteiger partial charge in [-0.15, -0.1) is 0 Å². The van der Waals surface area contributed by atoms with E-state index in [2.05, 4.69) is 22.0 Å². The van der Waals surface area contributed by atoms with Crippen molar-refractivity contribution in [2.75, 3.05) is 0 Å². The SMILES string of the molecule is O=C(Cc1ccc(Br)cc1)Oc1ccc2c(c1)CCCC2. The van der Waals surface area contributed by atoms with Crippen LogP contribution in [0.1, 0.15) is 29.5 Å². The summed E-state index contributed by atoms with van der Waals surface area (Å²) in [5, 5.41) is 0. The van der Waals surface area contributed by atoms with Crippen LogP contribution in [0.4, 0.5) is 0 Å². The first-order valence-electron chi connectivity index (χ1n) is 7.27. The van der Waals surface area contributed by atoms with E-state index in [9.17, 15) is 4.79 Å². The van der Waals surface area contributed by atoms with Gasteiger partial charge in [-0.2, -0.15) is 0 Å². The lowest BCUT2D eigenvalue weighted by Crippen LogP contribution is -2.12. The van der Waals surface area contributed by atoms with E-state index in [0.717, 1.165) is 22.9 Å². The van der Waals surface area contributed by atoms with Gasteiger partial charge < -0.3 is 4.74 Å². The van der Waals surface area contributed by atoms with E-state index >= 15 is 0 Å². The molecule has 0 amide bonds. The Kier molecular flexibility index (Phi) is 4.39. The molecule has 2 nitrogen and oxygen atoms in total. The van der Waals surface area contributed by atoms with Crippen LogP contribution in [-0.2, 0) is 24.1 Å². The van der Waals surface area contributed by atoms with E-state index in [0.29, 0.717) is 12.2 Å². The zero-order valence-corrected chi connectivity index (χ0v) is 13.4. The van der Waals surface area contributed by atoms with Crippen molar-refractivity contribution < 1.29 is 9.53 Å². The Bertz CT molecular complexity index is 647. The predicted octanol–water partition coefficient (Wildman–Crippen LogP) is 4.48. The standard InChI is InChI=1S/C18H17BrO2/c19-16-8-5-13(6-9-16)11-18(20)21-17-10-7-14-3-1-2-4-15(14)12-17/h5-10,12H,1-4,11H2. The summed E-state index contributed by atoms with van der Waals surface area (Å²) in [6, 6.07) is 13.7. The zero-order valence-electron chi connectivity index (χ0n) is 11.8. The van der Waals surface area contributed by atoms with Gasteiger partial charge in [0.2, 0.25) is 0 Å². The molecular weight excluding hydrogens is 328 g/mol. The van der Waals surface area contributed by atoms with Crippen molar-refractivity contribution in [3.63, 3.8) is 0 Å². The molecule has 108 valence electrons. The number of carbonyl (C=O) groups excluding carboxylic acids is 1. The van der Waals surface area contributed by atoms with E-state index in [4.69, 9.17) is 4.74 Å². The Morgan fingerprint density at radius 1 is 1.00 bits per heavy atom. The summed E-state index contributed by atoms with van der Waals surface area (Å²) >= 11 is 3.38. The molecule has 2 aromatic carbocycles. The molecule has 3 heteroatoms. The molecular formula is C18H17BrO2. The third-order valence-corrected chi connectivity index (χ3v) is 4.34. The van der Waals surface area contributed by atoms with Crippen molar-refractivity contribution in [1.29, 1.82) is 0 Å². The Hall–Kier alpha value is -1.61. The van der Waals surface area contributed by atoms with Crippen LogP contribution in [0.3, 0.4) is 0 Å². The summed E-state index contributed by atoms with van der Waals surface area (Å²) in [6.07, 6.45) is 5.01. The topological polar surface area (TPSA) is 26.3 Å². The summed E-state index contributed by atoms with van der Waals surface area (Å²) in [4.78, 5) is 12.0. The van der Waals surface area contributed by atoms with Gasteiger partial charge in [-0.1, -0.05) is 34.1 Å². The van der Waals surface area contributed by atoms with E-state index in [1.54, 1.807) is 0 Å². The average molecular weight is 345 g/mol. The molecule has 3 rings (SSSR count). The zero-order chi connectivity index (χ0) is 14.7. The van der Waals surface area contributed by atoms with E-state index in [-0.39, 0.29) is 5.97 Å². The number of esters is 1. The van der Waals surface area contributed by atoms with Crippen LogP contribution < -0.4 is 4.74 Å². The summed E-state index contributed by atoms with van der Waals surface area (Å²) in [6.45, 7) is 0. The molecule has 2 aromatic rings. The molecule has 1 aliphatic rings. The molecule has 0 atom stereocenters. The summed E-state index contributed by atoms with van der Waals surface area (Å²) in [7, 11) is 0. The molecule has 0 unspecified atom stereocenters. The molecule has 21 heavy (non-hydrogen) atoms. The van der Waals surface area contributed by atoms with Crippen molar-refractivity contribution in [3.05, 3.63) is 63.6 Å². The molecule has 0 saturated carbocycles. The molecule has 0 N–H and O–H groups in total. The van der Waals surface area contributed by atoms with Crippen molar-refractivity contribution in [2.45, 2.75) is 32.1 Å².